The Morgan fingerprint density at radius 1 is 1.50 bits per heavy atom. The van der Waals surface area contributed by atoms with Crippen molar-refractivity contribution in [1.82, 2.24) is 0 Å². The molecule has 0 radical (unpaired) electrons. The molecule has 1 aromatic heterocycles. The van der Waals surface area contributed by atoms with Gasteiger partial charge in [-0.1, -0.05) is 11.6 Å². The van der Waals surface area contributed by atoms with Crippen LogP contribution < -0.4 is 0 Å². The fraction of sp³-hybridized carbons (Fsp3) is 0.100. The molecule has 0 bridgehead atoms. The molecule has 0 aliphatic rings. The molecular formula is C10H7ClO2S. The molecule has 1 N–H and O–H groups in total. The number of rotatable bonds is 2. The molecule has 2 rings (SSSR count). The summed E-state index contributed by atoms with van der Waals surface area (Å²) in [5.74, 6) is -0.860. The minimum Gasteiger partial charge on any atom is -0.481 e. The lowest BCUT2D eigenvalue weighted by molar-refractivity contribution is -0.136. The third-order valence-electron chi connectivity index (χ3n) is 1.96. The quantitative estimate of drug-likeness (QED) is 0.854. The monoisotopic (exact) mass is 226 g/mol. The van der Waals surface area contributed by atoms with Gasteiger partial charge in [-0.2, -0.15) is 0 Å². The lowest BCUT2D eigenvalue weighted by Gasteiger charge is -2.00. The van der Waals surface area contributed by atoms with E-state index in [0.29, 0.717) is 10.6 Å². The van der Waals surface area contributed by atoms with Gasteiger partial charge in [0.1, 0.15) is 0 Å². The topological polar surface area (TPSA) is 37.3 Å². The zero-order valence-electron chi connectivity index (χ0n) is 7.16. The van der Waals surface area contributed by atoms with Crippen molar-refractivity contribution in [2.75, 3.05) is 0 Å². The summed E-state index contributed by atoms with van der Waals surface area (Å²) in [6.07, 6.45) is -0.0232. The molecule has 0 saturated carbocycles. The second-order valence-electron chi connectivity index (χ2n) is 2.97. The molecule has 0 atom stereocenters. The van der Waals surface area contributed by atoms with Crippen LogP contribution in [0.15, 0.2) is 23.6 Å². The largest absolute Gasteiger partial charge is 0.481 e. The Morgan fingerprint density at radius 3 is 3.00 bits per heavy atom. The van der Waals surface area contributed by atoms with Crippen molar-refractivity contribution in [3.05, 3.63) is 34.2 Å². The number of thiophene rings is 1. The molecule has 72 valence electrons. The summed E-state index contributed by atoms with van der Waals surface area (Å²) >= 11 is 7.54. The first-order chi connectivity index (χ1) is 6.66. The summed E-state index contributed by atoms with van der Waals surface area (Å²) in [5, 5.41) is 12.2. The molecule has 2 nitrogen and oxygen atoms in total. The molecule has 1 aromatic carbocycles. The highest BCUT2D eigenvalue weighted by atomic mass is 35.5. The summed E-state index contributed by atoms with van der Waals surface area (Å²) in [6.45, 7) is 0. The van der Waals surface area contributed by atoms with E-state index >= 15 is 0 Å². The van der Waals surface area contributed by atoms with Gasteiger partial charge in [0.2, 0.25) is 0 Å². The van der Waals surface area contributed by atoms with E-state index in [4.69, 9.17) is 16.7 Å². The standard InChI is InChI=1S/C10H7ClO2S/c11-8-5-9-6(1-2-14-9)3-7(8)4-10(12)13/h1-3,5H,4H2,(H,12,13). The van der Waals surface area contributed by atoms with Crippen LogP contribution in [-0.4, -0.2) is 11.1 Å². The molecule has 0 spiro atoms. The maximum atomic E-state index is 10.5. The molecule has 14 heavy (non-hydrogen) atoms. The molecule has 0 aliphatic carbocycles. The van der Waals surface area contributed by atoms with Gasteiger partial charge in [-0.15, -0.1) is 11.3 Å². The predicted molar refractivity (Wildman–Crippen MR) is 58.2 cm³/mol. The highest BCUT2D eigenvalue weighted by molar-refractivity contribution is 7.17. The lowest BCUT2D eigenvalue weighted by Crippen LogP contribution is -2.00. The molecule has 1 heterocycles. The van der Waals surface area contributed by atoms with Gasteiger partial charge in [0.25, 0.3) is 0 Å². The van der Waals surface area contributed by atoms with Gasteiger partial charge in [0, 0.05) is 9.72 Å². The first-order valence-corrected chi connectivity index (χ1v) is 5.30. The Labute approximate surface area is 89.7 Å². The minimum absolute atomic E-state index is 0.0232. The maximum Gasteiger partial charge on any atom is 0.307 e. The Bertz CT molecular complexity index is 490. The number of benzene rings is 1. The summed E-state index contributed by atoms with van der Waals surface area (Å²) < 4.78 is 1.09. The number of carboxylic acids is 1. The smallest absolute Gasteiger partial charge is 0.307 e. The van der Waals surface area contributed by atoms with Crippen LogP contribution in [0.3, 0.4) is 0 Å². The molecule has 0 aliphatic heterocycles. The van der Waals surface area contributed by atoms with Crippen LogP contribution in [0.5, 0.6) is 0 Å². The SMILES string of the molecule is O=C(O)Cc1cc2ccsc2cc1Cl. The van der Waals surface area contributed by atoms with E-state index in [0.717, 1.165) is 10.1 Å². The molecule has 0 unspecified atom stereocenters. The number of hydrogen-bond donors (Lipinski definition) is 1. The highest BCUT2D eigenvalue weighted by Crippen LogP contribution is 2.28. The van der Waals surface area contributed by atoms with E-state index in [1.807, 2.05) is 23.6 Å². The third kappa shape index (κ3) is 1.74. The highest BCUT2D eigenvalue weighted by Gasteiger charge is 2.07. The fourth-order valence-electron chi connectivity index (χ4n) is 1.33. The first kappa shape index (κ1) is 9.49. The van der Waals surface area contributed by atoms with E-state index in [1.165, 1.54) is 0 Å². The summed E-state index contributed by atoms with van der Waals surface area (Å²) in [7, 11) is 0. The summed E-state index contributed by atoms with van der Waals surface area (Å²) in [5.41, 5.74) is 0.671. The second-order valence-corrected chi connectivity index (χ2v) is 4.33. The second kappa shape index (κ2) is 3.59. The normalized spacial score (nSPS) is 10.6. The molecule has 2 aromatic rings. The van der Waals surface area contributed by atoms with Crippen molar-refractivity contribution in [1.29, 1.82) is 0 Å². The van der Waals surface area contributed by atoms with E-state index in [1.54, 1.807) is 11.3 Å². The van der Waals surface area contributed by atoms with Gasteiger partial charge in [0.05, 0.1) is 6.42 Å². The van der Waals surface area contributed by atoms with Crippen molar-refractivity contribution in [2.45, 2.75) is 6.42 Å². The van der Waals surface area contributed by atoms with Gasteiger partial charge < -0.3 is 5.11 Å². The van der Waals surface area contributed by atoms with Crippen molar-refractivity contribution >= 4 is 39.0 Å². The van der Waals surface area contributed by atoms with E-state index in [9.17, 15) is 4.79 Å². The number of hydrogen-bond acceptors (Lipinski definition) is 2. The first-order valence-electron chi connectivity index (χ1n) is 4.04. The molecule has 0 amide bonds. The van der Waals surface area contributed by atoms with Gasteiger partial charge in [-0.05, 0) is 34.5 Å². The van der Waals surface area contributed by atoms with E-state index in [2.05, 4.69) is 0 Å². The van der Waals surface area contributed by atoms with Crippen LogP contribution in [0.2, 0.25) is 5.02 Å². The molecular weight excluding hydrogens is 220 g/mol. The van der Waals surface area contributed by atoms with Gasteiger partial charge in [0.15, 0.2) is 0 Å². The average molecular weight is 227 g/mol. The van der Waals surface area contributed by atoms with Crippen LogP contribution in [-0.2, 0) is 11.2 Å². The third-order valence-corrected chi connectivity index (χ3v) is 3.19. The van der Waals surface area contributed by atoms with Crippen LogP contribution in [0.1, 0.15) is 5.56 Å². The van der Waals surface area contributed by atoms with Gasteiger partial charge in [-0.25, -0.2) is 0 Å². The fourth-order valence-corrected chi connectivity index (χ4v) is 2.44. The van der Waals surface area contributed by atoms with Crippen LogP contribution in [0.25, 0.3) is 10.1 Å². The zero-order valence-corrected chi connectivity index (χ0v) is 8.73. The van der Waals surface area contributed by atoms with Crippen LogP contribution in [0, 0.1) is 0 Å². The number of halogens is 1. The maximum absolute atomic E-state index is 10.5. The number of aliphatic carboxylic acids is 1. The number of carbonyl (C=O) groups is 1. The molecule has 0 fully saturated rings. The Morgan fingerprint density at radius 2 is 2.29 bits per heavy atom. The molecule has 4 heteroatoms. The number of fused-ring (bicyclic) bond motifs is 1. The van der Waals surface area contributed by atoms with E-state index < -0.39 is 5.97 Å². The van der Waals surface area contributed by atoms with Gasteiger partial charge >= 0.3 is 5.97 Å². The minimum atomic E-state index is -0.860. The van der Waals surface area contributed by atoms with Crippen molar-refractivity contribution in [3.63, 3.8) is 0 Å². The Hall–Kier alpha value is -1.06. The molecule has 0 saturated heterocycles. The van der Waals surface area contributed by atoms with Gasteiger partial charge in [-0.3, -0.25) is 4.79 Å². The predicted octanol–water partition coefficient (Wildman–Crippen LogP) is 3.18. The average Bonchev–Trinajstić information content (AvgIpc) is 2.51. The zero-order chi connectivity index (χ0) is 10.1. The Kier molecular flexibility index (Phi) is 2.44. The Balaban J connectivity index is 2.53. The van der Waals surface area contributed by atoms with Crippen molar-refractivity contribution < 1.29 is 9.90 Å². The van der Waals surface area contributed by atoms with Crippen molar-refractivity contribution in [3.8, 4) is 0 Å². The lowest BCUT2D eigenvalue weighted by atomic mass is 10.1. The summed E-state index contributed by atoms with van der Waals surface area (Å²) in [6, 6.07) is 5.61. The summed E-state index contributed by atoms with van der Waals surface area (Å²) in [4.78, 5) is 10.5. The van der Waals surface area contributed by atoms with E-state index in [-0.39, 0.29) is 6.42 Å². The van der Waals surface area contributed by atoms with Crippen LogP contribution >= 0.6 is 22.9 Å². The van der Waals surface area contributed by atoms with Crippen molar-refractivity contribution in [2.24, 2.45) is 0 Å². The number of carboxylic acid groups (broad SMARTS) is 1. The van der Waals surface area contributed by atoms with Crippen LogP contribution in [0.4, 0.5) is 0 Å².